The smallest absolute Gasteiger partial charge is 0.306 e. The fourth-order valence-electron chi connectivity index (χ4n) is 5.11. The van der Waals surface area contributed by atoms with Crippen LogP contribution in [-0.4, -0.2) is 89.0 Å². The molecule has 0 aromatic rings. The molecule has 0 aromatic heterocycles. The van der Waals surface area contributed by atoms with Gasteiger partial charge in [0, 0.05) is 12.8 Å². The Hall–Kier alpha value is -3.64. The first kappa shape index (κ1) is 49.4. The molecular weight excluding hydrogens is 700 g/mol. The molecule has 0 radical (unpaired) electrons. The van der Waals surface area contributed by atoms with Crippen LogP contribution in [0.3, 0.4) is 0 Å². The van der Waals surface area contributed by atoms with Gasteiger partial charge in [-0.15, -0.1) is 0 Å². The van der Waals surface area contributed by atoms with Crippen molar-refractivity contribution in [2.45, 2.75) is 141 Å². The third-order valence-corrected chi connectivity index (χ3v) is 8.25. The molecule has 0 amide bonds. The number of allylic oxidation sites excluding steroid dienone is 18. The maximum atomic E-state index is 12.7. The normalized spacial score (nSPS) is 21.7. The van der Waals surface area contributed by atoms with Crippen molar-refractivity contribution in [3.05, 3.63) is 109 Å². The lowest BCUT2D eigenvalue weighted by Crippen LogP contribution is -2.59. The van der Waals surface area contributed by atoms with Gasteiger partial charge in [0.25, 0.3) is 0 Å². The molecule has 308 valence electrons. The molecule has 0 spiro atoms. The van der Waals surface area contributed by atoms with Crippen LogP contribution in [-0.2, 0) is 28.5 Å². The summed E-state index contributed by atoms with van der Waals surface area (Å²) in [5, 5.41) is 40.0. The van der Waals surface area contributed by atoms with E-state index in [2.05, 4.69) is 80.7 Å². The second-order valence-corrected chi connectivity index (χ2v) is 13.1. The SMILES string of the molecule is CC/C=C/C=C/C=C/C=C/CCCCCC(=O)OC(COC(=O)CCC/C=C/C/C=C/C/C=C/C/C=C/C/C=C/CC)CO[C@H]1O[C@@H](CO)[C@@H](O)C(O)C1O. The molecule has 6 atom stereocenters. The summed E-state index contributed by atoms with van der Waals surface area (Å²) in [5.41, 5.74) is 0. The first-order chi connectivity index (χ1) is 26.8. The highest BCUT2D eigenvalue weighted by Gasteiger charge is 2.44. The third kappa shape index (κ3) is 26.7. The maximum Gasteiger partial charge on any atom is 0.306 e. The summed E-state index contributed by atoms with van der Waals surface area (Å²) < 4.78 is 22.0. The van der Waals surface area contributed by atoms with Crippen molar-refractivity contribution < 1.29 is 49.0 Å². The Kier molecular flexibility index (Phi) is 31.3. The van der Waals surface area contributed by atoms with Crippen LogP contribution < -0.4 is 0 Å². The van der Waals surface area contributed by atoms with E-state index in [-0.39, 0.29) is 26.1 Å². The fraction of sp³-hybridized carbons (Fsp3) is 0.556. The minimum absolute atomic E-state index is 0.164. The standard InChI is InChI=1S/C45H68O10/c1-3-5-7-9-11-13-15-17-18-19-20-22-23-25-27-29-31-33-40(47)52-36-38(37-53-45-44(51)43(50)42(49)39(35-46)55-45)54-41(48)34-32-30-28-26-24-21-16-14-12-10-8-6-4-2/h5-8,10-14,16-18,20-22,24-25,27,38-39,42-46,49-51H,3-4,9,15,19,23,26,28-37H2,1-2H3/b7-5+,8-6+,12-10+,13-11+,16-14+,18-17+,22-20+,24-21+,27-25+/t38?,39-,42+,43?,44?,45-/m0/s1. The van der Waals surface area contributed by atoms with E-state index in [1.165, 1.54) is 0 Å². The quantitative estimate of drug-likeness (QED) is 0.0247. The summed E-state index contributed by atoms with van der Waals surface area (Å²) in [6.45, 7) is 3.02. The van der Waals surface area contributed by atoms with Crippen LogP contribution in [0.5, 0.6) is 0 Å². The summed E-state index contributed by atoms with van der Waals surface area (Å²) >= 11 is 0. The number of unbranched alkanes of at least 4 members (excludes halogenated alkanes) is 4. The molecule has 1 aliphatic heterocycles. The van der Waals surface area contributed by atoms with Crippen molar-refractivity contribution in [3.8, 4) is 0 Å². The first-order valence-corrected chi connectivity index (χ1v) is 20.0. The number of rotatable bonds is 30. The van der Waals surface area contributed by atoms with Gasteiger partial charge < -0.3 is 39.4 Å². The molecular formula is C45H68O10. The number of hydrogen-bond donors (Lipinski definition) is 4. The molecule has 1 fully saturated rings. The van der Waals surface area contributed by atoms with E-state index in [0.29, 0.717) is 19.3 Å². The summed E-state index contributed by atoms with van der Waals surface area (Å²) in [7, 11) is 0. The first-order valence-electron chi connectivity index (χ1n) is 20.0. The number of carbonyl (C=O) groups excluding carboxylic acids is 2. The minimum atomic E-state index is -1.62. The molecule has 0 aliphatic carbocycles. The summed E-state index contributed by atoms with van der Waals surface area (Å²) in [6, 6.07) is 0. The molecule has 1 saturated heterocycles. The third-order valence-electron chi connectivity index (χ3n) is 8.25. The average molecular weight is 769 g/mol. The van der Waals surface area contributed by atoms with Crippen molar-refractivity contribution in [3.63, 3.8) is 0 Å². The predicted molar refractivity (Wildman–Crippen MR) is 219 cm³/mol. The zero-order chi connectivity index (χ0) is 40.2. The molecule has 1 rings (SSSR count). The highest BCUT2D eigenvalue weighted by Crippen LogP contribution is 2.22. The molecule has 1 heterocycles. The zero-order valence-corrected chi connectivity index (χ0v) is 33.1. The maximum absolute atomic E-state index is 12.7. The lowest BCUT2D eigenvalue weighted by atomic mass is 9.99. The average Bonchev–Trinajstić information content (AvgIpc) is 3.18. The summed E-state index contributed by atoms with van der Waals surface area (Å²) in [5.74, 6) is -0.937. The number of aliphatic hydroxyl groups is 4. The monoisotopic (exact) mass is 768 g/mol. The Bertz CT molecular complexity index is 1260. The lowest BCUT2D eigenvalue weighted by molar-refractivity contribution is -0.305. The molecule has 0 saturated carbocycles. The van der Waals surface area contributed by atoms with E-state index in [4.69, 9.17) is 18.9 Å². The van der Waals surface area contributed by atoms with Crippen molar-refractivity contribution in [1.29, 1.82) is 0 Å². The predicted octanol–water partition coefficient (Wildman–Crippen LogP) is 7.76. The van der Waals surface area contributed by atoms with Gasteiger partial charge in [0.15, 0.2) is 12.4 Å². The van der Waals surface area contributed by atoms with E-state index in [1.54, 1.807) is 0 Å². The summed E-state index contributed by atoms with van der Waals surface area (Å²) in [4.78, 5) is 25.2. The minimum Gasteiger partial charge on any atom is -0.462 e. The van der Waals surface area contributed by atoms with E-state index >= 15 is 0 Å². The highest BCUT2D eigenvalue weighted by atomic mass is 16.7. The van der Waals surface area contributed by atoms with Gasteiger partial charge in [0.1, 0.15) is 31.0 Å². The molecule has 10 nitrogen and oxygen atoms in total. The Morgan fingerprint density at radius 3 is 1.75 bits per heavy atom. The van der Waals surface area contributed by atoms with Crippen LogP contribution in [0.25, 0.3) is 0 Å². The number of carbonyl (C=O) groups is 2. The van der Waals surface area contributed by atoms with Crippen LogP contribution >= 0.6 is 0 Å². The van der Waals surface area contributed by atoms with Crippen LogP contribution in [0.4, 0.5) is 0 Å². The van der Waals surface area contributed by atoms with Gasteiger partial charge in [0.2, 0.25) is 0 Å². The Morgan fingerprint density at radius 2 is 1.13 bits per heavy atom. The van der Waals surface area contributed by atoms with Crippen LogP contribution in [0.2, 0.25) is 0 Å². The van der Waals surface area contributed by atoms with Crippen LogP contribution in [0.15, 0.2) is 109 Å². The number of ether oxygens (including phenoxy) is 4. The lowest BCUT2D eigenvalue weighted by Gasteiger charge is -2.39. The number of hydrogen-bond acceptors (Lipinski definition) is 10. The van der Waals surface area contributed by atoms with Gasteiger partial charge in [-0.3, -0.25) is 9.59 Å². The molecule has 0 aromatic carbocycles. The molecule has 4 N–H and O–H groups in total. The van der Waals surface area contributed by atoms with E-state index in [9.17, 15) is 30.0 Å². The topological polar surface area (TPSA) is 152 Å². The van der Waals surface area contributed by atoms with Crippen LogP contribution in [0, 0.1) is 0 Å². The van der Waals surface area contributed by atoms with Gasteiger partial charge in [-0.1, -0.05) is 130 Å². The van der Waals surface area contributed by atoms with Crippen molar-refractivity contribution in [2.75, 3.05) is 19.8 Å². The van der Waals surface area contributed by atoms with E-state index < -0.39 is 55.4 Å². The van der Waals surface area contributed by atoms with Crippen LogP contribution in [0.1, 0.15) is 104 Å². The van der Waals surface area contributed by atoms with Gasteiger partial charge in [-0.05, 0) is 70.6 Å². The van der Waals surface area contributed by atoms with Gasteiger partial charge in [-0.25, -0.2) is 0 Å². The summed E-state index contributed by atoms with van der Waals surface area (Å²) in [6.07, 6.45) is 39.6. The van der Waals surface area contributed by atoms with Crippen molar-refractivity contribution in [2.24, 2.45) is 0 Å². The molecule has 3 unspecified atom stereocenters. The van der Waals surface area contributed by atoms with Gasteiger partial charge in [0.05, 0.1) is 13.2 Å². The van der Waals surface area contributed by atoms with Gasteiger partial charge in [-0.2, -0.15) is 0 Å². The molecule has 55 heavy (non-hydrogen) atoms. The Balaban J connectivity index is 2.46. The highest BCUT2D eigenvalue weighted by molar-refractivity contribution is 5.70. The largest absolute Gasteiger partial charge is 0.462 e. The second-order valence-electron chi connectivity index (χ2n) is 13.1. The number of esters is 2. The number of aliphatic hydroxyl groups excluding tert-OH is 4. The second kappa shape index (κ2) is 34.8. The van der Waals surface area contributed by atoms with E-state index in [1.807, 2.05) is 42.5 Å². The van der Waals surface area contributed by atoms with Gasteiger partial charge >= 0.3 is 11.9 Å². The Morgan fingerprint density at radius 1 is 0.582 bits per heavy atom. The fourth-order valence-corrected chi connectivity index (χ4v) is 5.11. The van der Waals surface area contributed by atoms with Crippen molar-refractivity contribution in [1.82, 2.24) is 0 Å². The Labute approximate surface area is 330 Å². The molecule has 0 bridgehead atoms. The zero-order valence-electron chi connectivity index (χ0n) is 33.1. The van der Waals surface area contributed by atoms with Crippen molar-refractivity contribution >= 4 is 11.9 Å². The molecule has 10 heteroatoms. The molecule has 1 aliphatic rings. The van der Waals surface area contributed by atoms with E-state index in [0.717, 1.165) is 57.8 Å².